The van der Waals surface area contributed by atoms with E-state index in [1.54, 1.807) is 0 Å². The Morgan fingerprint density at radius 1 is 1.00 bits per heavy atom. The molecule has 0 nitrogen and oxygen atoms in total. The fourth-order valence-electron chi connectivity index (χ4n) is 0.771. The second kappa shape index (κ2) is 4.96. The maximum absolute atomic E-state index is 2.31. The molecule has 0 amide bonds. The van der Waals surface area contributed by atoms with E-state index in [9.17, 15) is 0 Å². The Hall–Kier alpha value is 0.236. The number of hydrogen-bond donors (Lipinski definition) is 0. The monoisotopic (exact) mass is 256 g/mol. The summed E-state index contributed by atoms with van der Waals surface area (Å²) in [5.41, 5.74) is 0. The first-order valence-electron chi connectivity index (χ1n) is 3.16. The average molecular weight is 255 g/mol. The van der Waals surface area contributed by atoms with Gasteiger partial charge in [0.2, 0.25) is 0 Å². The van der Waals surface area contributed by atoms with Crippen LogP contribution in [-0.2, 0) is 0 Å². The van der Waals surface area contributed by atoms with Gasteiger partial charge in [-0.3, -0.25) is 0 Å². The summed E-state index contributed by atoms with van der Waals surface area (Å²) < 4.78 is 0. The molecule has 0 bridgehead atoms. The van der Waals surface area contributed by atoms with E-state index in [2.05, 4.69) is 43.4 Å². The van der Waals surface area contributed by atoms with Gasteiger partial charge in [0, 0.05) is 0 Å². The molecule has 0 aliphatic rings. The van der Waals surface area contributed by atoms with Gasteiger partial charge in [-0.05, 0) is 0 Å². The van der Waals surface area contributed by atoms with E-state index in [0.717, 1.165) is 0 Å². The van der Waals surface area contributed by atoms with E-state index in [1.165, 1.54) is 5.19 Å². The van der Waals surface area contributed by atoms with E-state index in [0.29, 0.717) is 0 Å². The van der Waals surface area contributed by atoms with Gasteiger partial charge in [-0.25, -0.2) is 0 Å². The normalized spacial score (nSPS) is 9.10. The topological polar surface area (TPSA) is 0 Å². The molecule has 0 aromatic heterocycles. The molecular formula is C8H12SiSn. The molecule has 0 heterocycles. The van der Waals surface area contributed by atoms with Crippen molar-refractivity contribution < 1.29 is 0 Å². The first-order chi connectivity index (χ1) is 4.30. The summed E-state index contributed by atoms with van der Waals surface area (Å²) in [5, 5.41) is 1.52. The molecular weight excluding hydrogens is 243 g/mol. The van der Waals surface area contributed by atoms with Crippen molar-refractivity contribution in [2.45, 2.75) is 13.1 Å². The van der Waals surface area contributed by atoms with Crippen molar-refractivity contribution in [2.75, 3.05) is 0 Å². The molecule has 0 N–H and O–H groups in total. The summed E-state index contributed by atoms with van der Waals surface area (Å²) in [6.07, 6.45) is 0. The second-order valence-electron chi connectivity index (χ2n) is 2.37. The minimum atomic E-state index is -0.212. The van der Waals surface area contributed by atoms with Crippen LogP contribution in [0.5, 0.6) is 0 Å². The Morgan fingerprint density at radius 3 is 1.80 bits per heavy atom. The van der Waals surface area contributed by atoms with Gasteiger partial charge >= 0.3 is 23.9 Å². The fourth-order valence-corrected chi connectivity index (χ4v) is 1.63. The van der Waals surface area contributed by atoms with Gasteiger partial charge < -0.3 is 0 Å². The van der Waals surface area contributed by atoms with Crippen molar-refractivity contribution >= 4 is 37.9 Å². The van der Waals surface area contributed by atoms with Gasteiger partial charge in [-0.2, -0.15) is 0 Å². The van der Waals surface area contributed by atoms with Crippen LogP contribution in [0.4, 0.5) is 0 Å². The predicted octanol–water partition coefficient (Wildman–Crippen LogP) is 0.999. The van der Waals surface area contributed by atoms with E-state index in [-0.39, 0.29) is 32.7 Å². The van der Waals surface area contributed by atoms with Crippen molar-refractivity contribution in [3.8, 4) is 0 Å². The maximum atomic E-state index is 2.31. The number of benzene rings is 1. The summed E-state index contributed by atoms with van der Waals surface area (Å²) in [6, 6.07) is 10.7. The summed E-state index contributed by atoms with van der Waals surface area (Å²) in [6.45, 7) is 4.61. The van der Waals surface area contributed by atoms with Crippen LogP contribution in [0, 0.1) is 0 Å². The van der Waals surface area contributed by atoms with Crippen molar-refractivity contribution in [1.29, 1.82) is 0 Å². The van der Waals surface area contributed by atoms with Crippen LogP contribution in [0.15, 0.2) is 30.3 Å². The van der Waals surface area contributed by atoms with Gasteiger partial charge in [0.25, 0.3) is 0 Å². The molecule has 0 aliphatic carbocycles. The van der Waals surface area contributed by atoms with Crippen LogP contribution in [0.25, 0.3) is 0 Å². The summed E-state index contributed by atoms with van der Waals surface area (Å²) >= 11 is 0. The number of hydrogen-bond acceptors (Lipinski definition) is 0. The van der Waals surface area contributed by atoms with Gasteiger partial charge in [-0.1, -0.05) is 48.6 Å². The first kappa shape index (κ1) is 10.2. The van der Waals surface area contributed by atoms with Crippen molar-refractivity contribution in [3.05, 3.63) is 30.3 Å². The van der Waals surface area contributed by atoms with E-state index in [4.69, 9.17) is 0 Å². The van der Waals surface area contributed by atoms with E-state index < -0.39 is 0 Å². The van der Waals surface area contributed by atoms with Crippen LogP contribution in [0.1, 0.15) is 0 Å². The van der Waals surface area contributed by atoms with Crippen LogP contribution < -0.4 is 5.19 Å². The first-order valence-corrected chi connectivity index (χ1v) is 5.66. The quantitative estimate of drug-likeness (QED) is 0.657. The molecule has 0 spiro atoms. The Balaban J connectivity index is 0.000000810. The third-order valence-corrected chi connectivity index (χ3v) is 2.84. The van der Waals surface area contributed by atoms with E-state index >= 15 is 0 Å². The Bertz CT molecular complexity index is 172. The Morgan fingerprint density at radius 2 is 1.50 bits per heavy atom. The van der Waals surface area contributed by atoms with Crippen molar-refractivity contribution in [3.63, 3.8) is 0 Å². The zero-order valence-electron chi connectivity index (χ0n) is 6.46. The summed E-state index contributed by atoms with van der Waals surface area (Å²) in [4.78, 5) is 0. The van der Waals surface area contributed by atoms with Crippen molar-refractivity contribution in [1.82, 2.24) is 0 Å². The molecule has 0 saturated heterocycles. The molecule has 1 aromatic carbocycles. The van der Waals surface area contributed by atoms with Gasteiger partial charge in [-0.15, -0.1) is 0 Å². The predicted molar refractivity (Wildman–Crippen MR) is 50.7 cm³/mol. The molecule has 1 rings (SSSR count). The molecule has 2 heteroatoms. The minimum absolute atomic E-state index is 0. The molecule has 1 aromatic rings. The molecule has 0 fully saturated rings. The standard InChI is InChI=1S/C8H11Si.Sn.H/c1-9(2)8-6-4-3-5-7-8;;/h3-7H,1-2H3;;. The SMILES string of the molecule is C[Si](C)c1ccccc1.[SnH]. The van der Waals surface area contributed by atoms with E-state index in [1.807, 2.05) is 0 Å². The molecule has 52 valence electrons. The molecule has 0 atom stereocenters. The summed E-state index contributed by atoms with van der Waals surface area (Å²) in [7, 11) is -0.212. The second-order valence-corrected chi connectivity index (χ2v) is 4.94. The molecule has 0 saturated carbocycles. The summed E-state index contributed by atoms with van der Waals surface area (Å²) in [5.74, 6) is 0. The van der Waals surface area contributed by atoms with Crippen LogP contribution in [0.3, 0.4) is 0 Å². The third-order valence-electron chi connectivity index (χ3n) is 1.35. The van der Waals surface area contributed by atoms with Gasteiger partial charge in [0.05, 0.1) is 8.80 Å². The molecule has 0 aliphatic heterocycles. The Kier molecular flexibility index (Phi) is 5.08. The van der Waals surface area contributed by atoms with Gasteiger partial charge in [0.1, 0.15) is 0 Å². The molecule has 10 heavy (non-hydrogen) atoms. The fraction of sp³-hybridized carbons (Fsp3) is 0.250. The van der Waals surface area contributed by atoms with Crippen LogP contribution >= 0.6 is 0 Å². The van der Waals surface area contributed by atoms with Crippen LogP contribution in [-0.4, -0.2) is 32.7 Å². The van der Waals surface area contributed by atoms with Crippen LogP contribution in [0.2, 0.25) is 13.1 Å². The third kappa shape index (κ3) is 2.88. The zero-order chi connectivity index (χ0) is 6.69. The number of rotatable bonds is 1. The van der Waals surface area contributed by atoms with Gasteiger partial charge in [0.15, 0.2) is 0 Å². The van der Waals surface area contributed by atoms with Crippen molar-refractivity contribution in [2.24, 2.45) is 0 Å². The zero-order valence-corrected chi connectivity index (χ0v) is 10.8. The average Bonchev–Trinajstić information content (AvgIpc) is 1.90. The Labute approximate surface area is 81.2 Å². The molecule has 0 unspecified atom stereocenters. The molecule has 4 radical (unpaired) electrons.